The average Bonchev–Trinajstić information content (AvgIpc) is 3.47. The van der Waals surface area contributed by atoms with E-state index in [9.17, 15) is 13.2 Å². The third kappa shape index (κ3) is 4.79. The molecule has 2 aliphatic heterocycles. The fourth-order valence-electron chi connectivity index (χ4n) is 5.16. The summed E-state index contributed by atoms with van der Waals surface area (Å²) in [6.45, 7) is 9.59. The van der Waals surface area contributed by atoms with E-state index in [0.29, 0.717) is 37.8 Å². The highest BCUT2D eigenvalue weighted by Gasteiger charge is 2.28. The lowest BCUT2D eigenvalue weighted by molar-refractivity contribution is 0.0954. The van der Waals surface area contributed by atoms with Gasteiger partial charge in [-0.05, 0) is 56.0 Å². The van der Waals surface area contributed by atoms with Crippen molar-refractivity contribution < 1.29 is 13.2 Å². The molecule has 1 saturated heterocycles. The van der Waals surface area contributed by atoms with Gasteiger partial charge in [-0.15, -0.1) is 0 Å². The summed E-state index contributed by atoms with van der Waals surface area (Å²) < 4.78 is 27.7. The van der Waals surface area contributed by atoms with Gasteiger partial charge in [0.1, 0.15) is 0 Å². The molecule has 4 rings (SSSR count). The maximum Gasteiger partial charge on any atom is 0.253 e. The van der Waals surface area contributed by atoms with Crippen molar-refractivity contribution in [3.05, 3.63) is 53.6 Å². The topological polar surface area (TPSA) is 73.0 Å². The van der Waals surface area contributed by atoms with E-state index in [4.69, 9.17) is 0 Å². The van der Waals surface area contributed by atoms with Gasteiger partial charge in [0.2, 0.25) is 10.0 Å². The van der Waals surface area contributed by atoms with Gasteiger partial charge in [-0.1, -0.05) is 32.0 Å². The number of nitrogens with one attached hydrogen (secondary N) is 1. The molecule has 0 saturated carbocycles. The van der Waals surface area contributed by atoms with Crippen molar-refractivity contribution in [3.63, 3.8) is 0 Å². The molecule has 0 bridgehead atoms. The van der Waals surface area contributed by atoms with Crippen LogP contribution in [0.25, 0.3) is 0 Å². The zero-order valence-electron chi connectivity index (χ0n) is 20.5. The molecule has 2 aliphatic rings. The predicted molar refractivity (Wildman–Crippen MR) is 137 cm³/mol. The van der Waals surface area contributed by atoms with Crippen molar-refractivity contribution in [1.82, 2.24) is 9.62 Å². The van der Waals surface area contributed by atoms with Crippen LogP contribution in [0.3, 0.4) is 0 Å². The molecule has 1 N–H and O–H groups in total. The van der Waals surface area contributed by atoms with Crippen LogP contribution in [0.5, 0.6) is 0 Å². The van der Waals surface area contributed by atoms with Crippen LogP contribution in [0.2, 0.25) is 0 Å². The number of para-hydroxylation sites is 1. The largest absolute Gasteiger partial charge is 0.371 e. The Bertz CT molecular complexity index is 1120. The van der Waals surface area contributed by atoms with Crippen LogP contribution in [0.4, 0.5) is 11.4 Å². The Balaban J connectivity index is 1.54. The number of rotatable bonds is 9. The number of carbonyl (C=O) groups excluding carboxylic acids is 1. The average molecular weight is 485 g/mol. The van der Waals surface area contributed by atoms with Gasteiger partial charge in [-0.2, -0.15) is 4.31 Å². The normalized spacial score (nSPS) is 17.9. The number of amides is 1. The predicted octanol–water partition coefficient (Wildman–Crippen LogP) is 3.50. The summed E-state index contributed by atoms with van der Waals surface area (Å²) in [6.07, 6.45) is 3.16. The highest BCUT2D eigenvalue weighted by molar-refractivity contribution is 7.89. The van der Waals surface area contributed by atoms with Gasteiger partial charge in [0, 0.05) is 56.7 Å². The van der Waals surface area contributed by atoms with E-state index in [0.717, 1.165) is 38.0 Å². The fourth-order valence-corrected chi connectivity index (χ4v) is 6.64. The second kappa shape index (κ2) is 10.4. The maximum absolute atomic E-state index is 13.3. The van der Waals surface area contributed by atoms with Crippen molar-refractivity contribution >= 4 is 27.3 Å². The van der Waals surface area contributed by atoms with Crippen molar-refractivity contribution in [1.29, 1.82) is 0 Å². The highest BCUT2D eigenvalue weighted by atomic mass is 32.2. The Morgan fingerprint density at radius 2 is 1.76 bits per heavy atom. The Labute approximate surface area is 203 Å². The van der Waals surface area contributed by atoms with Gasteiger partial charge in [-0.25, -0.2) is 8.42 Å². The number of carbonyl (C=O) groups is 1. The molecule has 34 heavy (non-hydrogen) atoms. The molecule has 2 aromatic rings. The minimum atomic E-state index is -3.65. The Kier molecular flexibility index (Phi) is 7.48. The standard InChI is InChI=1S/C26H36N4O3S/c1-4-29(5-2)34(32,33)22-12-13-25(28-15-8-9-16-28)23(19-22)26(31)27-14-17-30-20(3)18-21-10-6-7-11-24(21)30/h6-7,10-13,19-20H,4-5,8-9,14-18H2,1-3H3,(H,27,31). The first-order chi connectivity index (χ1) is 16.4. The lowest BCUT2D eigenvalue weighted by Gasteiger charge is -2.26. The van der Waals surface area contributed by atoms with Crippen LogP contribution in [-0.4, -0.2) is 63.9 Å². The number of hydrogen-bond acceptors (Lipinski definition) is 5. The minimum Gasteiger partial charge on any atom is -0.371 e. The maximum atomic E-state index is 13.3. The van der Waals surface area contributed by atoms with E-state index in [2.05, 4.69) is 40.2 Å². The van der Waals surface area contributed by atoms with Crippen molar-refractivity contribution in [2.45, 2.75) is 51.0 Å². The first-order valence-electron chi connectivity index (χ1n) is 12.4. The van der Waals surface area contributed by atoms with Gasteiger partial charge in [0.15, 0.2) is 0 Å². The number of nitrogens with zero attached hydrogens (tertiary/aromatic N) is 3. The van der Waals surface area contributed by atoms with Crippen molar-refractivity contribution in [2.24, 2.45) is 0 Å². The number of hydrogen-bond donors (Lipinski definition) is 1. The summed E-state index contributed by atoms with van der Waals surface area (Å²) in [7, 11) is -3.65. The number of anilines is 2. The molecular formula is C26H36N4O3S. The van der Waals surface area contributed by atoms with Crippen LogP contribution >= 0.6 is 0 Å². The van der Waals surface area contributed by atoms with Crippen molar-refractivity contribution in [2.75, 3.05) is 49.1 Å². The molecule has 7 nitrogen and oxygen atoms in total. The molecule has 2 heterocycles. The molecule has 1 atom stereocenters. The molecule has 1 amide bonds. The van der Waals surface area contributed by atoms with Crippen LogP contribution in [0, 0.1) is 0 Å². The first-order valence-corrected chi connectivity index (χ1v) is 13.8. The molecule has 0 spiro atoms. The summed E-state index contributed by atoms with van der Waals surface area (Å²) in [5.74, 6) is -0.223. The third-order valence-corrected chi connectivity index (χ3v) is 9.04. The zero-order chi connectivity index (χ0) is 24.3. The van der Waals surface area contributed by atoms with Crippen LogP contribution in [0.15, 0.2) is 47.4 Å². The van der Waals surface area contributed by atoms with Gasteiger partial charge in [0.25, 0.3) is 5.91 Å². The highest BCUT2D eigenvalue weighted by Crippen LogP contribution is 2.31. The van der Waals surface area contributed by atoms with E-state index in [-0.39, 0.29) is 10.8 Å². The lowest BCUT2D eigenvalue weighted by atomic mass is 10.1. The van der Waals surface area contributed by atoms with Gasteiger partial charge < -0.3 is 15.1 Å². The fraction of sp³-hybridized carbons (Fsp3) is 0.500. The van der Waals surface area contributed by atoms with E-state index >= 15 is 0 Å². The second-order valence-corrected chi connectivity index (χ2v) is 11.0. The monoisotopic (exact) mass is 484 g/mol. The van der Waals surface area contributed by atoms with Crippen LogP contribution in [-0.2, 0) is 16.4 Å². The number of fused-ring (bicyclic) bond motifs is 1. The molecule has 0 aliphatic carbocycles. The molecule has 0 aromatic heterocycles. The summed E-state index contributed by atoms with van der Waals surface area (Å²) in [4.78, 5) is 18.0. The third-order valence-electron chi connectivity index (χ3n) is 6.99. The van der Waals surface area contributed by atoms with Crippen LogP contribution in [0.1, 0.15) is 49.5 Å². The van der Waals surface area contributed by atoms with E-state index in [1.807, 2.05) is 19.9 Å². The molecule has 1 unspecified atom stereocenters. The second-order valence-electron chi connectivity index (χ2n) is 9.09. The lowest BCUT2D eigenvalue weighted by Crippen LogP contribution is -2.38. The van der Waals surface area contributed by atoms with Crippen LogP contribution < -0.4 is 15.1 Å². The minimum absolute atomic E-state index is 0.173. The number of sulfonamides is 1. The Morgan fingerprint density at radius 1 is 1.06 bits per heavy atom. The molecule has 184 valence electrons. The summed E-state index contributed by atoms with van der Waals surface area (Å²) in [5, 5.41) is 3.06. The molecular weight excluding hydrogens is 448 g/mol. The van der Waals surface area contributed by atoms with Gasteiger partial charge in [-0.3, -0.25) is 4.79 Å². The zero-order valence-corrected chi connectivity index (χ0v) is 21.3. The molecule has 2 aromatic carbocycles. The SMILES string of the molecule is CCN(CC)S(=O)(=O)c1ccc(N2CCCC2)c(C(=O)NCCN2c3ccccc3CC2C)c1. The summed E-state index contributed by atoms with van der Waals surface area (Å²) >= 11 is 0. The van der Waals surface area contributed by atoms with E-state index in [1.165, 1.54) is 15.6 Å². The quantitative estimate of drug-likeness (QED) is 0.590. The molecule has 1 fully saturated rings. The van der Waals surface area contributed by atoms with E-state index in [1.54, 1.807) is 18.2 Å². The summed E-state index contributed by atoms with van der Waals surface area (Å²) in [5.41, 5.74) is 3.82. The molecule has 8 heteroatoms. The first kappa shape index (κ1) is 24.5. The Morgan fingerprint density at radius 3 is 2.47 bits per heavy atom. The van der Waals surface area contributed by atoms with Gasteiger partial charge in [0.05, 0.1) is 10.5 Å². The Hall–Kier alpha value is -2.58. The molecule has 0 radical (unpaired) electrons. The van der Waals surface area contributed by atoms with E-state index < -0.39 is 10.0 Å². The number of benzene rings is 2. The smallest absolute Gasteiger partial charge is 0.253 e. The summed E-state index contributed by atoms with van der Waals surface area (Å²) in [6, 6.07) is 13.8. The van der Waals surface area contributed by atoms with Gasteiger partial charge >= 0.3 is 0 Å². The van der Waals surface area contributed by atoms with Crippen molar-refractivity contribution in [3.8, 4) is 0 Å².